The lowest BCUT2D eigenvalue weighted by atomic mass is 9.46. The van der Waals surface area contributed by atoms with Gasteiger partial charge in [-0.05, 0) is 107 Å². The van der Waals surface area contributed by atoms with E-state index in [0.29, 0.717) is 30.0 Å². The average Bonchev–Trinajstić information content (AvgIpc) is 3.26. The molecule has 0 heterocycles. The molecule has 0 aromatic carbocycles. The number of oxime groups is 1. The number of carbonyl (C=O) groups excluding carboxylic acids is 3. The number of halogens is 1. The number of allylic oxidation sites excluding steroid dienone is 1. The number of hydrogen-bond acceptors (Lipinski definition) is 6. The summed E-state index contributed by atoms with van der Waals surface area (Å²) in [5.41, 5.74) is 1.83. The number of likely N-dealkylation sites (N-methyl/N-ethyl adjacent to an activating group) is 1. The fourth-order valence-corrected chi connectivity index (χ4v) is 8.57. The Morgan fingerprint density at radius 2 is 1.76 bits per heavy atom. The molecule has 0 aliphatic heterocycles. The molecular formula is C32H50FN3O5. The van der Waals surface area contributed by atoms with E-state index in [1.165, 1.54) is 21.8 Å². The average molecular weight is 576 g/mol. The van der Waals surface area contributed by atoms with Crippen LogP contribution in [0.2, 0.25) is 0 Å². The third-order valence-corrected chi connectivity index (χ3v) is 10.8. The van der Waals surface area contributed by atoms with Crippen molar-refractivity contribution in [2.75, 3.05) is 33.4 Å². The maximum atomic E-state index is 13.0. The van der Waals surface area contributed by atoms with Crippen LogP contribution in [0.5, 0.6) is 0 Å². The molecule has 0 unspecified atom stereocenters. The van der Waals surface area contributed by atoms with Crippen molar-refractivity contribution in [3.8, 4) is 0 Å². The van der Waals surface area contributed by atoms with Crippen LogP contribution in [-0.4, -0.2) is 72.4 Å². The summed E-state index contributed by atoms with van der Waals surface area (Å²) in [6, 6.07) is 0. The second kappa shape index (κ2) is 12.0. The van der Waals surface area contributed by atoms with Gasteiger partial charge in [-0.3, -0.25) is 9.63 Å². The summed E-state index contributed by atoms with van der Waals surface area (Å²) in [6.07, 6.45) is 9.08. The molecule has 0 radical (unpaired) electrons. The van der Waals surface area contributed by atoms with Crippen LogP contribution >= 0.6 is 0 Å². The van der Waals surface area contributed by atoms with E-state index in [2.05, 4.69) is 19.0 Å². The minimum absolute atomic E-state index is 0.104. The summed E-state index contributed by atoms with van der Waals surface area (Å²) in [5.74, 6) is 2.46. The van der Waals surface area contributed by atoms with Gasteiger partial charge in [-0.25, -0.2) is 14.0 Å². The van der Waals surface area contributed by atoms with Crippen molar-refractivity contribution in [1.82, 2.24) is 9.80 Å². The summed E-state index contributed by atoms with van der Waals surface area (Å²) in [6.45, 7) is 11.5. The van der Waals surface area contributed by atoms with Crippen LogP contribution in [-0.2, 0) is 14.4 Å². The molecule has 3 saturated carbocycles. The molecular weight excluding hydrogens is 525 g/mol. The third-order valence-electron chi connectivity index (χ3n) is 10.8. The Labute approximate surface area is 245 Å². The van der Waals surface area contributed by atoms with Crippen LogP contribution in [0, 0.1) is 34.5 Å². The first-order chi connectivity index (χ1) is 19.2. The lowest BCUT2D eigenvalue weighted by Gasteiger charge is -2.58. The Morgan fingerprint density at radius 1 is 1.02 bits per heavy atom. The lowest BCUT2D eigenvalue weighted by molar-refractivity contribution is -0.117. The number of ketones is 1. The fraction of sp³-hybridized carbons (Fsp3) is 0.812. The first-order valence-electron chi connectivity index (χ1n) is 15.4. The minimum atomic E-state index is -0.698. The first-order valence-corrected chi connectivity index (χ1v) is 15.4. The van der Waals surface area contributed by atoms with E-state index < -0.39 is 24.5 Å². The van der Waals surface area contributed by atoms with Crippen molar-refractivity contribution < 1.29 is 28.3 Å². The molecule has 2 amide bonds. The highest BCUT2D eigenvalue weighted by Crippen LogP contribution is 2.66. The number of fused-ring (bicyclic) bond motifs is 5. The Morgan fingerprint density at radius 3 is 2.44 bits per heavy atom. The SMILES string of the molecule is C/C(=N\OC(=O)N(C)CCN(CCF)C(=O)OC(C)(C)C)[C@H]1CC[C@H]2[C@@H]3CCC4=CC(=O)CC[C@]4(C)[C@H]3CC[C@]12C. The van der Waals surface area contributed by atoms with Crippen LogP contribution in [0.3, 0.4) is 0 Å². The van der Waals surface area contributed by atoms with Gasteiger partial charge in [0.05, 0.1) is 12.3 Å². The highest BCUT2D eigenvalue weighted by molar-refractivity contribution is 5.91. The van der Waals surface area contributed by atoms with Gasteiger partial charge in [-0.15, -0.1) is 0 Å². The molecule has 0 aromatic heterocycles. The largest absolute Gasteiger partial charge is 0.444 e. The van der Waals surface area contributed by atoms with Gasteiger partial charge in [0.25, 0.3) is 0 Å². The molecule has 0 saturated heterocycles. The maximum Gasteiger partial charge on any atom is 0.435 e. The number of alkyl halides is 1. The standard InChI is InChI=1S/C32H50FN3O5/c1-21(34-41-28(38)35(7)18-19-36(17-16-33)29(39)40-30(2,3)4)25-10-11-26-24-9-8-22-20-23(37)12-14-31(22,5)27(24)13-15-32(25,26)6/h20,24-27H,8-19H2,1-7H3/b34-21+/t24-,25+,26-,27-,31-,32+/m0/s1. The van der Waals surface area contributed by atoms with Gasteiger partial charge in [0.1, 0.15) is 12.3 Å². The van der Waals surface area contributed by atoms with Gasteiger partial charge in [0, 0.05) is 32.5 Å². The summed E-state index contributed by atoms with van der Waals surface area (Å²) in [4.78, 5) is 45.2. The zero-order valence-electron chi connectivity index (χ0n) is 26.1. The van der Waals surface area contributed by atoms with E-state index in [1.54, 1.807) is 27.8 Å². The monoisotopic (exact) mass is 575 g/mol. The van der Waals surface area contributed by atoms with Gasteiger partial charge in [0.2, 0.25) is 0 Å². The molecule has 4 aliphatic rings. The van der Waals surface area contributed by atoms with Crippen molar-refractivity contribution >= 4 is 23.7 Å². The molecule has 0 bridgehead atoms. The van der Waals surface area contributed by atoms with E-state index in [-0.39, 0.29) is 36.4 Å². The first kappa shape index (κ1) is 31.5. The molecule has 0 spiro atoms. The Kier molecular flexibility index (Phi) is 9.25. The van der Waals surface area contributed by atoms with E-state index in [4.69, 9.17) is 9.57 Å². The van der Waals surface area contributed by atoms with Gasteiger partial charge in [-0.2, -0.15) is 0 Å². The molecule has 0 aromatic rings. The molecule has 6 atom stereocenters. The lowest BCUT2D eigenvalue weighted by Crippen LogP contribution is -2.51. The minimum Gasteiger partial charge on any atom is -0.444 e. The molecule has 9 heteroatoms. The summed E-state index contributed by atoms with van der Waals surface area (Å²) in [5, 5.41) is 4.32. The van der Waals surface area contributed by atoms with Crippen LogP contribution in [0.25, 0.3) is 0 Å². The molecule has 3 fully saturated rings. The molecule has 0 N–H and O–H groups in total. The van der Waals surface area contributed by atoms with Crippen LogP contribution < -0.4 is 0 Å². The van der Waals surface area contributed by atoms with Crippen LogP contribution in [0.15, 0.2) is 16.8 Å². The number of nitrogens with zero attached hydrogens (tertiary/aromatic N) is 3. The highest BCUT2D eigenvalue weighted by atomic mass is 19.1. The Balaban J connectivity index is 1.35. The van der Waals surface area contributed by atoms with Crippen molar-refractivity contribution in [3.05, 3.63) is 11.6 Å². The van der Waals surface area contributed by atoms with Gasteiger partial charge < -0.3 is 14.5 Å². The van der Waals surface area contributed by atoms with Gasteiger partial charge in [0.15, 0.2) is 5.78 Å². The zero-order chi connectivity index (χ0) is 30.2. The number of hydrogen-bond donors (Lipinski definition) is 0. The third kappa shape index (κ3) is 6.48. The van der Waals surface area contributed by atoms with Crippen LogP contribution in [0.4, 0.5) is 14.0 Å². The predicted octanol–water partition coefficient (Wildman–Crippen LogP) is 6.79. The van der Waals surface area contributed by atoms with E-state index in [1.807, 2.05) is 13.0 Å². The van der Waals surface area contributed by atoms with E-state index >= 15 is 0 Å². The normalized spacial score (nSPS) is 33.2. The summed E-state index contributed by atoms with van der Waals surface area (Å²) >= 11 is 0. The highest BCUT2D eigenvalue weighted by Gasteiger charge is 2.59. The number of rotatable bonds is 7. The summed E-state index contributed by atoms with van der Waals surface area (Å²) in [7, 11) is 1.58. The molecule has 4 aliphatic carbocycles. The van der Waals surface area contributed by atoms with E-state index in [9.17, 15) is 18.8 Å². The van der Waals surface area contributed by atoms with Crippen molar-refractivity contribution in [3.63, 3.8) is 0 Å². The summed E-state index contributed by atoms with van der Waals surface area (Å²) < 4.78 is 18.4. The fourth-order valence-electron chi connectivity index (χ4n) is 8.57. The smallest absolute Gasteiger partial charge is 0.435 e. The van der Waals surface area contributed by atoms with Crippen molar-refractivity contribution in [1.29, 1.82) is 0 Å². The number of ether oxygens (including phenoxy) is 1. The molecule has 8 nitrogen and oxygen atoms in total. The Bertz CT molecular complexity index is 1080. The second-order valence-corrected chi connectivity index (χ2v) is 14.3. The van der Waals surface area contributed by atoms with Crippen molar-refractivity contribution in [2.45, 2.75) is 98.5 Å². The van der Waals surface area contributed by atoms with Gasteiger partial charge in [-0.1, -0.05) is 24.6 Å². The van der Waals surface area contributed by atoms with Crippen molar-refractivity contribution in [2.24, 2.45) is 39.7 Å². The zero-order valence-corrected chi connectivity index (χ0v) is 26.1. The second-order valence-electron chi connectivity index (χ2n) is 14.3. The molecule has 230 valence electrons. The van der Waals surface area contributed by atoms with Gasteiger partial charge >= 0.3 is 12.2 Å². The molecule has 4 rings (SSSR count). The number of carbonyl (C=O) groups is 3. The maximum absolute atomic E-state index is 13.0. The molecule has 41 heavy (non-hydrogen) atoms. The predicted molar refractivity (Wildman–Crippen MR) is 156 cm³/mol. The quantitative estimate of drug-likeness (QED) is 0.190. The number of amides is 2. The topological polar surface area (TPSA) is 88.5 Å². The van der Waals surface area contributed by atoms with E-state index in [0.717, 1.165) is 44.2 Å². The Hall–Kier alpha value is -2.45. The van der Waals surface area contributed by atoms with Crippen LogP contribution in [0.1, 0.15) is 92.9 Å².